The number of nitrogens with zero attached hydrogens (tertiary/aromatic N) is 3. The van der Waals surface area contributed by atoms with Gasteiger partial charge in [-0.25, -0.2) is 0 Å². The summed E-state index contributed by atoms with van der Waals surface area (Å²) in [6.45, 7) is 4.17. The third-order valence-electron chi connectivity index (χ3n) is 3.19. The summed E-state index contributed by atoms with van der Waals surface area (Å²) in [5.74, 6) is 0. The lowest BCUT2D eigenvalue weighted by molar-refractivity contribution is 0.468. The van der Waals surface area contributed by atoms with Crippen LogP contribution in [0.4, 0.5) is 0 Å². The van der Waals surface area contributed by atoms with Gasteiger partial charge in [0.25, 0.3) is 0 Å². The largest absolute Gasteiger partial charge is 0.181 e. The second kappa shape index (κ2) is 7.55. The van der Waals surface area contributed by atoms with Gasteiger partial charge < -0.3 is 0 Å². The van der Waals surface area contributed by atoms with Gasteiger partial charge in [0.05, 0.1) is 6.04 Å². The molecule has 0 aliphatic rings. The monoisotopic (exact) mass is 295 g/mol. The Morgan fingerprint density at radius 2 is 1.05 bits per heavy atom. The Bertz CT molecular complexity index is 628. The van der Waals surface area contributed by atoms with Crippen molar-refractivity contribution in [3.05, 3.63) is 60.7 Å². The first-order chi connectivity index (χ1) is 9.75. The van der Waals surface area contributed by atoms with Crippen molar-refractivity contribution in [2.75, 3.05) is 0 Å². The highest BCUT2D eigenvalue weighted by Gasteiger charge is 2.15. The number of rotatable bonds is 3. The van der Waals surface area contributed by atoms with Gasteiger partial charge in [0, 0.05) is 11.1 Å². The summed E-state index contributed by atoms with van der Waals surface area (Å²) >= 11 is 0. The van der Waals surface area contributed by atoms with Crippen molar-refractivity contribution in [3.63, 3.8) is 0 Å². The molecule has 1 aromatic heterocycles. The Balaban J connectivity index is 0.00000121. The summed E-state index contributed by atoms with van der Waals surface area (Å²) < 4.78 is 0. The van der Waals surface area contributed by atoms with Gasteiger partial charge >= 0.3 is 0 Å². The summed E-state index contributed by atoms with van der Waals surface area (Å²) in [5.41, 5.74) is 4.06. The van der Waals surface area contributed by atoms with Crippen LogP contribution in [-0.2, 0) is 0 Å². The SMILES string of the molecule is C.C.CC(C)n1nc(-c2ccccc2)c(-c2ccccc2)n1. The van der Waals surface area contributed by atoms with Gasteiger partial charge in [0.2, 0.25) is 0 Å². The van der Waals surface area contributed by atoms with E-state index in [0.717, 1.165) is 22.5 Å². The average Bonchev–Trinajstić information content (AvgIpc) is 2.94. The molecule has 0 unspecified atom stereocenters. The molecule has 3 aromatic rings. The standard InChI is InChI=1S/C17H17N3.2CH4/c1-13(2)20-18-16(14-9-5-3-6-10-14)17(19-20)15-11-7-4-8-12-15;;/h3-13H,1-2H3;2*1H4. The van der Waals surface area contributed by atoms with E-state index in [0.29, 0.717) is 0 Å². The topological polar surface area (TPSA) is 30.7 Å². The minimum absolute atomic E-state index is 0. The number of benzene rings is 2. The molecule has 0 bridgehead atoms. The fourth-order valence-corrected chi connectivity index (χ4v) is 2.13. The molecule has 2 aromatic carbocycles. The Kier molecular flexibility index (Phi) is 6.05. The molecule has 3 rings (SSSR count). The molecular formula is C19H25N3. The van der Waals surface area contributed by atoms with Gasteiger partial charge in [0.1, 0.15) is 11.4 Å². The zero-order valence-corrected chi connectivity index (χ0v) is 11.7. The second-order valence-electron chi connectivity index (χ2n) is 5.04. The van der Waals surface area contributed by atoms with E-state index in [1.807, 2.05) is 36.4 Å². The van der Waals surface area contributed by atoms with Crippen molar-refractivity contribution < 1.29 is 0 Å². The zero-order valence-electron chi connectivity index (χ0n) is 11.7. The average molecular weight is 295 g/mol. The summed E-state index contributed by atoms with van der Waals surface area (Å²) in [6, 6.07) is 20.7. The van der Waals surface area contributed by atoms with Crippen molar-refractivity contribution in [2.24, 2.45) is 0 Å². The van der Waals surface area contributed by atoms with Crippen LogP contribution in [0.2, 0.25) is 0 Å². The fourth-order valence-electron chi connectivity index (χ4n) is 2.13. The molecule has 3 nitrogen and oxygen atoms in total. The van der Waals surface area contributed by atoms with Crippen LogP contribution in [0.15, 0.2) is 60.7 Å². The molecule has 0 fully saturated rings. The lowest BCUT2D eigenvalue weighted by Gasteiger charge is -2.00. The maximum absolute atomic E-state index is 4.66. The molecule has 22 heavy (non-hydrogen) atoms. The molecule has 0 amide bonds. The van der Waals surface area contributed by atoms with E-state index in [2.05, 4.69) is 48.3 Å². The molecule has 0 N–H and O–H groups in total. The Morgan fingerprint density at radius 3 is 1.36 bits per heavy atom. The van der Waals surface area contributed by atoms with Crippen LogP contribution in [-0.4, -0.2) is 15.0 Å². The van der Waals surface area contributed by atoms with Crippen LogP contribution in [0.1, 0.15) is 34.7 Å². The van der Waals surface area contributed by atoms with Crippen molar-refractivity contribution >= 4 is 0 Å². The van der Waals surface area contributed by atoms with Crippen LogP contribution in [0.5, 0.6) is 0 Å². The molecule has 0 aliphatic heterocycles. The number of hydrogen-bond acceptors (Lipinski definition) is 2. The maximum Gasteiger partial charge on any atom is 0.121 e. The third-order valence-corrected chi connectivity index (χ3v) is 3.19. The van der Waals surface area contributed by atoms with Crippen LogP contribution < -0.4 is 0 Å². The van der Waals surface area contributed by atoms with Crippen LogP contribution >= 0.6 is 0 Å². The predicted octanol–water partition coefficient (Wildman–Crippen LogP) is 5.47. The van der Waals surface area contributed by atoms with Gasteiger partial charge in [-0.05, 0) is 13.8 Å². The molecule has 0 aliphatic carbocycles. The van der Waals surface area contributed by atoms with Gasteiger partial charge in [-0.15, -0.1) is 0 Å². The van der Waals surface area contributed by atoms with Crippen molar-refractivity contribution in [1.29, 1.82) is 0 Å². The molecular weight excluding hydrogens is 270 g/mol. The van der Waals surface area contributed by atoms with E-state index < -0.39 is 0 Å². The highest BCUT2D eigenvalue weighted by atomic mass is 15.5. The van der Waals surface area contributed by atoms with Gasteiger partial charge in [-0.1, -0.05) is 75.5 Å². The quantitative estimate of drug-likeness (QED) is 0.642. The Labute approximate surface area is 133 Å². The Hall–Kier alpha value is -2.42. The first kappa shape index (κ1) is 17.6. The van der Waals surface area contributed by atoms with E-state index >= 15 is 0 Å². The van der Waals surface area contributed by atoms with Gasteiger partial charge in [-0.3, -0.25) is 0 Å². The molecule has 0 saturated heterocycles. The van der Waals surface area contributed by atoms with Crippen molar-refractivity contribution in [1.82, 2.24) is 15.0 Å². The molecule has 1 heterocycles. The molecule has 0 atom stereocenters. The number of hydrogen-bond donors (Lipinski definition) is 0. The first-order valence-electron chi connectivity index (χ1n) is 6.83. The predicted molar refractivity (Wildman–Crippen MR) is 94.7 cm³/mol. The lowest BCUT2D eigenvalue weighted by atomic mass is 10.1. The second-order valence-corrected chi connectivity index (χ2v) is 5.04. The molecule has 0 spiro atoms. The molecule has 0 saturated carbocycles. The normalized spacial score (nSPS) is 9.95. The lowest BCUT2D eigenvalue weighted by Crippen LogP contribution is -2.04. The minimum atomic E-state index is 0. The first-order valence-corrected chi connectivity index (χ1v) is 6.83. The highest BCUT2D eigenvalue weighted by molar-refractivity contribution is 5.77. The van der Waals surface area contributed by atoms with E-state index in [1.54, 1.807) is 4.80 Å². The third kappa shape index (κ3) is 3.42. The van der Waals surface area contributed by atoms with E-state index in [-0.39, 0.29) is 20.9 Å². The highest BCUT2D eigenvalue weighted by Crippen LogP contribution is 2.29. The van der Waals surface area contributed by atoms with Crippen LogP contribution in [0.25, 0.3) is 22.5 Å². The van der Waals surface area contributed by atoms with E-state index in [1.165, 1.54) is 0 Å². The molecule has 3 heteroatoms. The van der Waals surface area contributed by atoms with Crippen molar-refractivity contribution in [3.8, 4) is 22.5 Å². The van der Waals surface area contributed by atoms with E-state index in [4.69, 9.17) is 0 Å². The van der Waals surface area contributed by atoms with Gasteiger partial charge in [0.15, 0.2) is 0 Å². The smallest absolute Gasteiger partial charge is 0.121 e. The Morgan fingerprint density at radius 1 is 0.682 bits per heavy atom. The van der Waals surface area contributed by atoms with E-state index in [9.17, 15) is 0 Å². The van der Waals surface area contributed by atoms with Crippen LogP contribution in [0, 0.1) is 0 Å². The fraction of sp³-hybridized carbons (Fsp3) is 0.263. The summed E-state index contributed by atoms with van der Waals surface area (Å²) in [7, 11) is 0. The molecule has 116 valence electrons. The summed E-state index contributed by atoms with van der Waals surface area (Å²) in [5, 5.41) is 9.32. The zero-order chi connectivity index (χ0) is 13.9. The number of aromatic nitrogens is 3. The molecule has 0 radical (unpaired) electrons. The summed E-state index contributed by atoms with van der Waals surface area (Å²) in [4.78, 5) is 1.78. The maximum atomic E-state index is 4.66. The van der Waals surface area contributed by atoms with Gasteiger partial charge in [-0.2, -0.15) is 15.0 Å². The summed E-state index contributed by atoms with van der Waals surface area (Å²) in [6.07, 6.45) is 0. The minimum Gasteiger partial charge on any atom is -0.181 e. The van der Waals surface area contributed by atoms with Crippen LogP contribution in [0.3, 0.4) is 0 Å². The van der Waals surface area contributed by atoms with Crippen molar-refractivity contribution in [2.45, 2.75) is 34.7 Å².